The predicted octanol–water partition coefficient (Wildman–Crippen LogP) is 2.56. The average molecular weight is 124 g/mol. The van der Waals surface area contributed by atoms with Crippen molar-refractivity contribution in [2.45, 2.75) is 26.2 Å². The zero-order chi connectivity index (χ0) is 6.69. The maximum Gasteiger partial charge on any atom is 0.0889 e. The summed E-state index contributed by atoms with van der Waals surface area (Å²) in [6, 6.07) is 0. The van der Waals surface area contributed by atoms with Crippen LogP contribution in [0.2, 0.25) is 0 Å². The topological polar surface area (TPSA) is 20.2 Å². The van der Waals surface area contributed by atoms with E-state index in [2.05, 4.69) is 13.0 Å². The third-order valence-electron chi connectivity index (χ3n) is 1.60. The summed E-state index contributed by atoms with van der Waals surface area (Å²) in [7, 11) is 0. The SMILES string of the molecule is CC1=CCC=C(O)CC1. The highest BCUT2D eigenvalue weighted by molar-refractivity contribution is 5.09. The molecule has 1 nitrogen and oxygen atoms in total. The van der Waals surface area contributed by atoms with Crippen molar-refractivity contribution in [3.8, 4) is 0 Å². The van der Waals surface area contributed by atoms with E-state index in [9.17, 15) is 0 Å². The number of hydrogen-bond donors (Lipinski definition) is 1. The highest BCUT2D eigenvalue weighted by Crippen LogP contribution is 2.14. The van der Waals surface area contributed by atoms with Crippen molar-refractivity contribution in [2.24, 2.45) is 0 Å². The van der Waals surface area contributed by atoms with E-state index in [0.29, 0.717) is 5.76 Å². The van der Waals surface area contributed by atoms with Crippen LogP contribution in [0.25, 0.3) is 0 Å². The zero-order valence-corrected chi connectivity index (χ0v) is 5.72. The van der Waals surface area contributed by atoms with E-state index < -0.39 is 0 Å². The molecule has 0 saturated heterocycles. The molecular formula is C8H12O. The third kappa shape index (κ3) is 1.92. The minimum atomic E-state index is 0.545. The van der Waals surface area contributed by atoms with Crippen LogP contribution >= 0.6 is 0 Å². The molecule has 0 atom stereocenters. The summed E-state index contributed by atoms with van der Waals surface area (Å²) in [4.78, 5) is 0. The van der Waals surface area contributed by atoms with Crippen molar-refractivity contribution in [3.63, 3.8) is 0 Å². The molecule has 0 aliphatic heterocycles. The van der Waals surface area contributed by atoms with Crippen LogP contribution in [0.3, 0.4) is 0 Å². The average Bonchev–Trinajstić information content (AvgIpc) is 1.97. The second-order valence-corrected chi connectivity index (χ2v) is 2.48. The van der Waals surface area contributed by atoms with Gasteiger partial charge in [0.25, 0.3) is 0 Å². The van der Waals surface area contributed by atoms with Gasteiger partial charge in [0.1, 0.15) is 0 Å². The van der Waals surface area contributed by atoms with Gasteiger partial charge in [-0.1, -0.05) is 11.6 Å². The number of aliphatic hydroxyl groups excluding tert-OH is 1. The predicted molar refractivity (Wildman–Crippen MR) is 38.3 cm³/mol. The number of aliphatic hydroxyl groups is 1. The first kappa shape index (κ1) is 6.40. The Balaban J connectivity index is 2.54. The Morgan fingerprint density at radius 3 is 2.89 bits per heavy atom. The van der Waals surface area contributed by atoms with E-state index in [1.54, 1.807) is 0 Å². The maximum atomic E-state index is 9.03. The lowest BCUT2D eigenvalue weighted by molar-refractivity contribution is 0.387. The second-order valence-electron chi connectivity index (χ2n) is 2.48. The normalized spacial score (nSPS) is 20.1. The van der Waals surface area contributed by atoms with Crippen LogP contribution in [-0.4, -0.2) is 5.11 Å². The fraction of sp³-hybridized carbons (Fsp3) is 0.500. The van der Waals surface area contributed by atoms with Gasteiger partial charge in [0.05, 0.1) is 5.76 Å². The van der Waals surface area contributed by atoms with Gasteiger partial charge >= 0.3 is 0 Å². The molecule has 0 bridgehead atoms. The fourth-order valence-electron chi connectivity index (χ4n) is 0.926. The lowest BCUT2D eigenvalue weighted by Crippen LogP contribution is -1.78. The largest absolute Gasteiger partial charge is 0.513 e. The summed E-state index contributed by atoms with van der Waals surface area (Å²) in [5.41, 5.74) is 1.38. The molecule has 1 aliphatic carbocycles. The first-order chi connectivity index (χ1) is 4.29. The van der Waals surface area contributed by atoms with Crippen molar-refractivity contribution in [1.29, 1.82) is 0 Å². The first-order valence-corrected chi connectivity index (χ1v) is 3.32. The van der Waals surface area contributed by atoms with Crippen LogP contribution in [0, 0.1) is 0 Å². The van der Waals surface area contributed by atoms with Gasteiger partial charge in [-0.05, 0) is 25.8 Å². The van der Waals surface area contributed by atoms with E-state index >= 15 is 0 Å². The Hall–Kier alpha value is -0.720. The highest BCUT2D eigenvalue weighted by atomic mass is 16.3. The first-order valence-electron chi connectivity index (χ1n) is 3.32. The molecule has 0 amide bonds. The number of allylic oxidation sites excluding steroid dienone is 4. The smallest absolute Gasteiger partial charge is 0.0889 e. The molecule has 0 unspecified atom stereocenters. The van der Waals surface area contributed by atoms with E-state index in [-0.39, 0.29) is 0 Å². The monoisotopic (exact) mass is 124 g/mol. The van der Waals surface area contributed by atoms with Gasteiger partial charge in [0, 0.05) is 6.42 Å². The van der Waals surface area contributed by atoms with E-state index in [0.717, 1.165) is 19.3 Å². The molecule has 1 aliphatic rings. The Labute approximate surface area is 55.7 Å². The number of hydrogen-bond acceptors (Lipinski definition) is 1. The van der Waals surface area contributed by atoms with Gasteiger partial charge in [0.2, 0.25) is 0 Å². The maximum absolute atomic E-state index is 9.03. The molecular weight excluding hydrogens is 112 g/mol. The van der Waals surface area contributed by atoms with Gasteiger partial charge in [-0.15, -0.1) is 0 Å². The van der Waals surface area contributed by atoms with Gasteiger partial charge < -0.3 is 5.11 Å². The molecule has 0 saturated carbocycles. The quantitative estimate of drug-likeness (QED) is 0.492. The van der Waals surface area contributed by atoms with E-state index in [1.807, 2.05) is 6.08 Å². The summed E-state index contributed by atoms with van der Waals surface area (Å²) >= 11 is 0. The number of rotatable bonds is 0. The summed E-state index contributed by atoms with van der Waals surface area (Å²) in [6.07, 6.45) is 6.77. The molecule has 0 aromatic heterocycles. The van der Waals surface area contributed by atoms with E-state index in [4.69, 9.17) is 5.11 Å². The molecule has 1 heteroatoms. The Bertz CT molecular complexity index is 136. The van der Waals surface area contributed by atoms with Crippen LogP contribution in [0.15, 0.2) is 23.5 Å². The molecule has 9 heavy (non-hydrogen) atoms. The van der Waals surface area contributed by atoms with Gasteiger partial charge in [0.15, 0.2) is 0 Å². The molecule has 0 aromatic carbocycles. The van der Waals surface area contributed by atoms with Crippen LogP contribution in [-0.2, 0) is 0 Å². The molecule has 0 radical (unpaired) electrons. The molecule has 0 fully saturated rings. The third-order valence-corrected chi connectivity index (χ3v) is 1.60. The van der Waals surface area contributed by atoms with E-state index in [1.165, 1.54) is 5.57 Å². The van der Waals surface area contributed by atoms with Gasteiger partial charge in [-0.25, -0.2) is 0 Å². The fourth-order valence-corrected chi connectivity index (χ4v) is 0.926. The van der Waals surface area contributed by atoms with Crippen LogP contribution < -0.4 is 0 Å². The van der Waals surface area contributed by atoms with Crippen molar-refractivity contribution in [1.82, 2.24) is 0 Å². The summed E-state index contributed by atoms with van der Waals surface area (Å²) < 4.78 is 0. The Morgan fingerprint density at radius 1 is 1.33 bits per heavy atom. The summed E-state index contributed by atoms with van der Waals surface area (Å²) in [6.45, 7) is 2.10. The standard InChI is InChI=1S/C8H12O/c1-7-3-2-4-8(9)6-5-7/h3-4,9H,2,5-6H2,1H3. The van der Waals surface area contributed by atoms with Crippen molar-refractivity contribution in [3.05, 3.63) is 23.5 Å². The lowest BCUT2D eigenvalue weighted by atomic mass is 10.2. The molecule has 50 valence electrons. The minimum absolute atomic E-state index is 0.545. The lowest BCUT2D eigenvalue weighted by Gasteiger charge is -1.94. The van der Waals surface area contributed by atoms with Gasteiger partial charge in [-0.2, -0.15) is 0 Å². The zero-order valence-electron chi connectivity index (χ0n) is 5.72. The minimum Gasteiger partial charge on any atom is -0.513 e. The van der Waals surface area contributed by atoms with Crippen LogP contribution in [0.5, 0.6) is 0 Å². The summed E-state index contributed by atoms with van der Waals surface area (Å²) in [5.74, 6) is 0.545. The molecule has 1 rings (SSSR count). The van der Waals surface area contributed by atoms with Crippen molar-refractivity contribution >= 4 is 0 Å². The molecule has 0 spiro atoms. The Morgan fingerprint density at radius 2 is 2.11 bits per heavy atom. The van der Waals surface area contributed by atoms with Crippen molar-refractivity contribution in [2.75, 3.05) is 0 Å². The molecule has 1 N–H and O–H groups in total. The second kappa shape index (κ2) is 2.72. The van der Waals surface area contributed by atoms with Gasteiger partial charge in [-0.3, -0.25) is 0 Å². The van der Waals surface area contributed by atoms with Crippen LogP contribution in [0.4, 0.5) is 0 Å². The van der Waals surface area contributed by atoms with Crippen LogP contribution in [0.1, 0.15) is 26.2 Å². The summed E-state index contributed by atoms with van der Waals surface area (Å²) in [5, 5.41) is 9.03. The highest BCUT2D eigenvalue weighted by Gasteiger charge is 1.97. The Kier molecular flexibility index (Phi) is 1.93. The molecule has 0 heterocycles. The van der Waals surface area contributed by atoms with Crippen molar-refractivity contribution < 1.29 is 5.11 Å². The molecule has 0 aromatic rings.